The zero-order valence-corrected chi connectivity index (χ0v) is 16.2. The lowest BCUT2D eigenvalue weighted by Crippen LogP contribution is -2.39. The van der Waals surface area contributed by atoms with Crippen molar-refractivity contribution in [1.82, 2.24) is 19.6 Å². The molecule has 0 saturated heterocycles. The van der Waals surface area contributed by atoms with Crippen LogP contribution in [0.15, 0.2) is 30.3 Å². The number of hydrogen-bond donors (Lipinski definition) is 0. The maximum atomic E-state index is 13.0. The van der Waals surface area contributed by atoms with E-state index in [2.05, 4.69) is 15.1 Å². The van der Waals surface area contributed by atoms with Crippen LogP contribution in [-0.2, 0) is 11.3 Å². The van der Waals surface area contributed by atoms with Gasteiger partial charge in [0.15, 0.2) is 5.82 Å². The molecule has 1 aromatic carbocycles. The predicted molar refractivity (Wildman–Crippen MR) is 102 cm³/mol. The summed E-state index contributed by atoms with van der Waals surface area (Å²) in [5, 5.41) is 4.55. The normalized spacial score (nSPS) is 11.8. The van der Waals surface area contributed by atoms with Gasteiger partial charge in [0.1, 0.15) is 0 Å². The van der Waals surface area contributed by atoms with E-state index < -0.39 is 5.41 Å². The third kappa shape index (κ3) is 3.59. The molecule has 6 heteroatoms. The fourth-order valence-corrected chi connectivity index (χ4v) is 2.83. The monoisotopic (exact) mass is 351 g/mol. The van der Waals surface area contributed by atoms with Gasteiger partial charge >= 0.3 is 0 Å². The Bertz CT molecular complexity index is 951. The lowest BCUT2D eigenvalue weighted by molar-refractivity contribution is -0.125. The van der Waals surface area contributed by atoms with Crippen LogP contribution in [0, 0.1) is 26.2 Å². The van der Waals surface area contributed by atoms with Crippen LogP contribution in [0.2, 0.25) is 0 Å². The average Bonchev–Trinajstić information content (AvgIpc) is 2.95. The third-order valence-corrected chi connectivity index (χ3v) is 4.19. The van der Waals surface area contributed by atoms with Gasteiger partial charge in [-0.2, -0.15) is 4.98 Å². The number of benzene rings is 1. The number of carbonyl (C=O) groups is 1. The van der Waals surface area contributed by atoms with Crippen LogP contribution in [-0.4, -0.2) is 25.5 Å². The highest BCUT2D eigenvalue weighted by molar-refractivity contribution is 5.96. The summed E-state index contributed by atoms with van der Waals surface area (Å²) in [5.41, 5.74) is 3.35. The minimum Gasteiger partial charge on any atom is -0.304 e. The summed E-state index contributed by atoms with van der Waals surface area (Å²) < 4.78 is 1.72. The molecule has 2 heterocycles. The Morgan fingerprint density at radius 1 is 1.08 bits per heavy atom. The van der Waals surface area contributed by atoms with Gasteiger partial charge in [0.25, 0.3) is 5.78 Å². The largest absolute Gasteiger partial charge is 0.304 e. The lowest BCUT2D eigenvalue weighted by atomic mass is 9.94. The second-order valence-corrected chi connectivity index (χ2v) is 7.76. The zero-order valence-electron chi connectivity index (χ0n) is 16.2. The first-order valence-electron chi connectivity index (χ1n) is 8.74. The van der Waals surface area contributed by atoms with Gasteiger partial charge in [-0.25, -0.2) is 9.50 Å². The molecule has 3 rings (SSSR count). The summed E-state index contributed by atoms with van der Waals surface area (Å²) in [5.74, 6) is 1.16. The van der Waals surface area contributed by atoms with Crippen LogP contribution in [0.3, 0.4) is 0 Å². The average molecular weight is 351 g/mol. The Labute approximate surface area is 153 Å². The number of nitrogens with zero attached hydrogens (tertiary/aromatic N) is 5. The Morgan fingerprint density at radius 3 is 2.35 bits per heavy atom. The molecule has 0 spiro atoms. The van der Waals surface area contributed by atoms with Gasteiger partial charge in [0.2, 0.25) is 5.91 Å². The maximum Gasteiger partial charge on any atom is 0.252 e. The molecule has 0 aliphatic rings. The fraction of sp³-hybridized carbons (Fsp3) is 0.400. The van der Waals surface area contributed by atoms with E-state index >= 15 is 0 Å². The highest BCUT2D eigenvalue weighted by Crippen LogP contribution is 2.25. The molecule has 0 N–H and O–H groups in total. The minimum absolute atomic E-state index is 0.0288. The maximum absolute atomic E-state index is 13.0. The van der Waals surface area contributed by atoms with Crippen molar-refractivity contribution in [3.63, 3.8) is 0 Å². The number of aromatic nitrogens is 4. The van der Waals surface area contributed by atoms with Crippen LogP contribution in [0.5, 0.6) is 0 Å². The van der Waals surface area contributed by atoms with Crippen molar-refractivity contribution < 1.29 is 4.79 Å². The van der Waals surface area contributed by atoms with Crippen LogP contribution < -0.4 is 4.90 Å². The summed E-state index contributed by atoms with van der Waals surface area (Å²) in [6.07, 6.45) is 0. The van der Waals surface area contributed by atoms with Crippen molar-refractivity contribution in [3.8, 4) is 0 Å². The number of carbonyl (C=O) groups excluding carboxylic acids is 1. The summed E-state index contributed by atoms with van der Waals surface area (Å²) in [6.45, 7) is 12.0. The third-order valence-electron chi connectivity index (χ3n) is 4.19. The van der Waals surface area contributed by atoms with E-state index in [1.807, 2.05) is 71.9 Å². The second kappa shape index (κ2) is 6.52. The van der Waals surface area contributed by atoms with E-state index in [1.54, 1.807) is 9.42 Å². The molecule has 2 aromatic heterocycles. The molecule has 0 radical (unpaired) electrons. The van der Waals surface area contributed by atoms with Crippen molar-refractivity contribution in [1.29, 1.82) is 0 Å². The molecular formula is C20H25N5O. The number of amides is 1. The van der Waals surface area contributed by atoms with E-state index in [1.165, 1.54) is 0 Å². The topological polar surface area (TPSA) is 63.4 Å². The van der Waals surface area contributed by atoms with Crippen LogP contribution in [0.1, 0.15) is 43.5 Å². The van der Waals surface area contributed by atoms with Gasteiger partial charge in [0, 0.05) is 22.5 Å². The van der Waals surface area contributed by atoms with Crippen molar-refractivity contribution >= 4 is 17.4 Å². The van der Waals surface area contributed by atoms with Gasteiger partial charge < -0.3 is 4.90 Å². The molecular weight excluding hydrogens is 326 g/mol. The van der Waals surface area contributed by atoms with Gasteiger partial charge in [-0.3, -0.25) is 4.79 Å². The quantitative estimate of drug-likeness (QED) is 0.723. The molecule has 26 heavy (non-hydrogen) atoms. The van der Waals surface area contributed by atoms with Crippen molar-refractivity contribution in [3.05, 3.63) is 53.1 Å². The molecule has 0 atom stereocenters. The SMILES string of the molecule is Cc1ccc(N(Cc2nc3nc(C)cc(C)n3n2)C(=O)C(C)(C)C)cc1. The van der Waals surface area contributed by atoms with Crippen molar-refractivity contribution in [2.75, 3.05) is 4.90 Å². The van der Waals surface area contributed by atoms with Crippen LogP contribution in [0.25, 0.3) is 5.78 Å². The highest BCUT2D eigenvalue weighted by atomic mass is 16.2. The first-order valence-corrected chi connectivity index (χ1v) is 8.74. The highest BCUT2D eigenvalue weighted by Gasteiger charge is 2.29. The van der Waals surface area contributed by atoms with Crippen molar-refractivity contribution in [2.45, 2.75) is 48.1 Å². The standard InChI is InChI=1S/C20H25N5O/c1-13-7-9-16(10-8-13)24(18(26)20(4,5)6)12-17-22-19-21-14(2)11-15(3)25(19)23-17/h7-11H,12H2,1-6H3. The van der Waals surface area contributed by atoms with Gasteiger partial charge in [-0.1, -0.05) is 38.5 Å². The minimum atomic E-state index is -0.505. The van der Waals surface area contributed by atoms with Crippen molar-refractivity contribution in [2.24, 2.45) is 5.41 Å². The van der Waals surface area contributed by atoms with E-state index in [9.17, 15) is 4.79 Å². The fourth-order valence-electron chi connectivity index (χ4n) is 2.83. The molecule has 1 amide bonds. The Morgan fingerprint density at radius 2 is 1.73 bits per heavy atom. The predicted octanol–water partition coefficient (Wildman–Crippen LogP) is 3.63. The number of hydrogen-bond acceptors (Lipinski definition) is 4. The molecule has 136 valence electrons. The lowest BCUT2D eigenvalue weighted by Gasteiger charge is -2.28. The van der Waals surface area contributed by atoms with E-state index in [0.717, 1.165) is 22.6 Å². The molecule has 0 aliphatic carbocycles. The summed E-state index contributed by atoms with van der Waals surface area (Å²) in [4.78, 5) is 23.7. The van der Waals surface area contributed by atoms with Gasteiger partial charge in [-0.15, -0.1) is 5.10 Å². The van der Waals surface area contributed by atoms with E-state index in [0.29, 0.717) is 18.1 Å². The molecule has 6 nitrogen and oxygen atoms in total. The molecule has 0 aliphatic heterocycles. The van der Waals surface area contributed by atoms with Crippen LogP contribution in [0.4, 0.5) is 5.69 Å². The molecule has 0 unspecified atom stereocenters. The first kappa shape index (κ1) is 18.0. The molecule has 0 saturated carbocycles. The molecule has 3 aromatic rings. The van der Waals surface area contributed by atoms with Gasteiger partial charge in [-0.05, 0) is 39.0 Å². The summed E-state index contributed by atoms with van der Waals surface area (Å²) in [6, 6.07) is 9.89. The van der Waals surface area contributed by atoms with E-state index in [-0.39, 0.29) is 5.91 Å². The molecule has 0 fully saturated rings. The zero-order chi connectivity index (χ0) is 19.1. The second-order valence-electron chi connectivity index (χ2n) is 7.76. The Hall–Kier alpha value is -2.76. The number of rotatable bonds is 3. The first-order chi connectivity index (χ1) is 12.1. The number of fused-ring (bicyclic) bond motifs is 1. The smallest absolute Gasteiger partial charge is 0.252 e. The summed E-state index contributed by atoms with van der Waals surface area (Å²) in [7, 11) is 0. The summed E-state index contributed by atoms with van der Waals surface area (Å²) >= 11 is 0. The number of aryl methyl sites for hydroxylation is 3. The number of anilines is 1. The Kier molecular flexibility index (Phi) is 4.52. The molecule has 0 bridgehead atoms. The van der Waals surface area contributed by atoms with Crippen LogP contribution >= 0.6 is 0 Å². The van der Waals surface area contributed by atoms with E-state index in [4.69, 9.17) is 0 Å². The van der Waals surface area contributed by atoms with Gasteiger partial charge in [0.05, 0.1) is 6.54 Å². The Balaban J connectivity index is 2.01.